The summed E-state index contributed by atoms with van der Waals surface area (Å²) in [6.45, 7) is 0. The lowest BCUT2D eigenvalue weighted by molar-refractivity contribution is -0.116. The lowest BCUT2D eigenvalue weighted by atomic mass is 10.0. The molecule has 1 aliphatic heterocycles. The van der Waals surface area contributed by atoms with Gasteiger partial charge in [0.25, 0.3) is 5.91 Å². The summed E-state index contributed by atoms with van der Waals surface area (Å²) in [5, 5.41) is 13.8. The van der Waals surface area contributed by atoms with Crippen LogP contribution in [0.15, 0.2) is 31.8 Å². The number of phenolic OH excluding ortho intramolecular Hbond substituents is 1. The summed E-state index contributed by atoms with van der Waals surface area (Å²) in [4.78, 5) is 11.8. The lowest BCUT2D eigenvalue weighted by Gasteiger charge is -2.04. The molecule has 2 aliphatic rings. The minimum atomic E-state index is -0.165. The van der Waals surface area contributed by atoms with Crippen LogP contribution in [0.25, 0.3) is 6.08 Å². The zero-order valence-electron chi connectivity index (χ0n) is 9.78. The van der Waals surface area contributed by atoms with Crippen LogP contribution in [0.4, 0.5) is 0 Å². The van der Waals surface area contributed by atoms with E-state index in [2.05, 4.69) is 42.4 Å². The van der Waals surface area contributed by atoms with Crippen LogP contribution in [-0.2, 0) is 4.79 Å². The quantitative estimate of drug-likeness (QED) is 0.768. The Morgan fingerprint density at radius 3 is 2.53 bits per heavy atom. The second kappa shape index (κ2) is 4.76. The number of carbonyl (C=O) groups is 1. The highest BCUT2D eigenvalue weighted by Crippen LogP contribution is 2.37. The van der Waals surface area contributed by atoms with Gasteiger partial charge in [0.15, 0.2) is 0 Å². The molecule has 0 unspecified atom stereocenters. The van der Waals surface area contributed by atoms with Crippen molar-refractivity contribution in [2.45, 2.75) is 12.8 Å². The van der Waals surface area contributed by atoms with Gasteiger partial charge in [-0.3, -0.25) is 4.79 Å². The molecule has 0 aromatic heterocycles. The van der Waals surface area contributed by atoms with Crippen molar-refractivity contribution >= 4 is 49.6 Å². The third kappa shape index (κ3) is 2.47. The Hall–Kier alpha value is -1.14. The molecule has 4 nitrogen and oxygen atoms in total. The summed E-state index contributed by atoms with van der Waals surface area (Å²) < 4.78 is 1.16. The van der Waals surface area contributed by atoms with E-state index in [-0.39, 0.29) is 11.7 Å². The number of halogens is 2. The molecule has 0 spiro atoms. The van der Waals surface area contributed by atoms with Crippen LogP contribution in [0.5, 0.6) is 5.75 Å². The predicted molar refractivity (Wildman–Crippen MR) is 79.8 cm³/mol. The maximum Gasteiger partial charge on any atom is 0.273 e. The number of carbonyl (C=O) groups excluding carboxylic acids is 1. The highest BCUT2D eigenvalue weighted by molar-refractivity contribution is 9.11. The molecule has 3 rings (SSSR count). The van der Waals surface area contributed by atoms with E-state index in [1.165, 1.54) is 0 Å². The first-order chi connectivity index (χ1) is 9.06. The first-order valence-electron chi connectivity index (χ1n) is 5.84. The Morgan fingerprint density at radius 2 is 1.95 bits per heavy atom. The van der Waals surface area contributed by atoms with E-state index in [1.54, 1.807) is 18.2 Å². The standard InChI is InChI=1S/C13H10Br2N2O2/c14-9-4-6(5-10(15)12(9)18)3-8-11(7-1-2-7)16-17-13(8)19/h3-5,7,18H,1-2H2,(H,17,19)/b8-3-. The molecule has 98 valence electrons. The molecular weight excluding hydrogens is 376 g/mol. The van der Waals surface area contributed by atoms with Gasteiger partial charge in [-0.05, 0) is 68.5 Å². The molecule has 0 atom stereocenters. The third-order valence-electron chi connectivity index (χ3n) is 3.11. The number of nitrogens with one attached hydrogen (secondary N) is 1. The Kier molecular flexibility index (Phi) is 3.22. The van der Waals surface area contributed by atoms with Crippen molar-refractivity contribution in [3.8, 4) is 5.75 Å². The second-order valence-electron chi connectivity index (χ2n) is 4.60. The van der Waals surface area contributed by atoms with Gasteiger partial charge in [-0.2, -0.15) is 5.10 Å². The van der Waals surface area contributed by atoms with Gasteiger partial charge in [0, 0.05) is 5.92 Å². The number of hydrogen-bond donors (Lipinski definition) is 2. The summed E-state index contributed by atoms with van der Waals surface area (Å²) in [6.07, 6.45) is 3.98. The van der Waals surface area contributed by atoms with E-state index in [1.807, 2.05) is 0 Å². The summed E-state index contributed by atoms with van der Waals surface area (Å²) in [6, 6.07) is 3.53. The molecule has 2 N–H and O–H groups in total. The van der Waals surface area contributed by atoms with E-state index < -0.39 is 0 Å². The second-order valence-corrected chi connectivity index (χ2v) is 6.31. The number of benzene rings is 1. The minimum Gasteiger partial charge on any atom is -0.506 e. The smallest absolute Gasteiger partial charge is 0.273 e. The SMILES string of the molecule is O=C1NN=C(C2CC2)/C1=C/c1cc(Br)c(O)c(Br)c1. The molecule has 1 aromatic rings. The number of aromatic hydroxyl groups is 1. The molecule has 1 saturated carbocycles. The van der Waals surface area contributed by atoms with Gasteiger partial charge in [-0.15, -0.1) is 0 Å². The van der Waals surface area contributed by atoms with Gasteiger partial charge in [0.2, 0.25) is 0 Å². The molecule has 19 heavy (non-hydrogen) atoms. The fraction of sp³-hybridized carbons (Fsp3) is 0.231. The monoisotopic (exact) mass is 384 g/mol. The minimum absolute atomic E-state index is 0.147. The van der Waals surface area contributed by atoms with E-state index in [4.69, 9.17) is 0 Å². The van der Waals surface area contributed by atoms with Crippen LogP contribution < -0.4 is 5.43 Å². The van der Waals surface area contributed by atoms with E-state index in [0.717, 1.165) is 24.1 Å². The van der Waals surface area contributed by atoms with Crippen LogP contribution >= 0.6 is 31.9 Å². The van der Waals surface area contributed by atoms with Crippen LogP contribution in [-0.4, -0.2) is 16.7 Å². The Bertz CT molecular complexity index is 611. The van der Waals surface area contributed by atoms with Crippen molar-refractivity contribution in [1.29, 1.82) is 0 Å². The summed E-state index contributed by atoms with van der Waals surface area (Å²) in [7, 11) is 0. The molecule has 0 radical (unpaired) electrons. The predicted octanol–water partition coefficient (Wildman–Crippen LogP) is 3.20. The Balaban J connectivity index is 2.00. The molecule has 6 heteroatoms. The largest absolute Gasteiger partial charge is 0.506 e. The number of amides is 1. The zero-order chi connectivity index (χ0) is 13.6. The van der Waals surface area contributed by atoms with E-state index in [0.29, 0.717) is 20.4 Å². The van der Waals surface area contributed by atoms with Gasteiger partial charge in [-0.25, -0.2) is 5.43 Å². The van der Waals surface area contributed by atoms with Crippen LogP contribution in [0.1, 0.15) is 18.4 Å². The van der Waals surface area contributed by atoms with Crippen molar-refractivity contribution in [3.05, 3.63) is 32.2 Å². The highest BCUT2D eigenvalue weighted by Gasteiger charge is 2.35. The van der Waals surface area contributed by atoms with Crippen molar-refractivity contribution in [2.75, 3.05) is 0 Å². The summed E-state index contributed by atoms with van der Waals surface area (Å²) in [5.74, 6) is 0.394. The molecule has 1 fully saturated rings. The van der Waals surface area contributed by atoms with Gasteiger partial charge >= 0.3 is 0 Å². The Labute approximate surface area is 126 Å². The topological polar surface area (TPSA) is 61.7 Å². The maximum absolute atomic E-state index is 11.8. The molecular formula is C13H10Br2N2O2. The number of nitrogens with zero attached hydrogens (tertiary/aromatic N) is 1. The van der Waals surface area contributed by atoms with Gasteiger partial charge < -0.3 is 5.11 Å². The molecule has 1 heterocycles. The summed E-state index contributed by atoms with van der Waals surface area (Å²) >= 11 is 6.56. The van der Waals surface area contributed by atoms with Crippen LogP contribution in [0, 0.1) is 5.92 Å². The zero-order valence-corrected chi connectivity index (χ0v) is 13.0. The highest BCUT2D eigenvalue weighted by atomic mass is 79.9. The maximum atomic E-state index is 11.8. The fourth-order valence-corrected chi connectivity index (χ4v) is 3.21. The fourth-order valence-electron chi connectivity index (χ4n) is 1.99. The van der Waals surface area contributed by atoms with Crippen molar-refractivity contribution in [2.24, 2.45) is 11.0 Å². The number of hydrogen-bond acceptors (Lipinski definition) is 3. The number of hydrazone groups is 1. The normalized spacial score (nSPS) is 20.6. The van der Waals surface area contributed by atoms with Gasteiger partial charge in [0.1, 0.15) is 5.75 Å². The van der Waals surface area contributed by atoms with Crippen molar-refractivity contribution in [3.63, 3.8) is 0 Å². The molecule has 1 aromatic carbocycles. The molecule has 0 bridgehead atoms. The van der Waals surface area contributed by atoms with Crippen LogP contribution in [0.2, 0.25) is 0 Å². The van der Waals surface area contributed by atoms with Crippen LogP contribution in [0.3, 0.4) is 0 Å². The molecule has 1 aliphatic carbocycles. The number of phenols is 1. The van der Waals surface area contributed by atoms with E-state index >= 15 is 0 Å². The summed E-state index contributed by atoms with van der Waals surface area (Å²) in [5.41, 5.74) is 4.81. The lowest BCUT2D eigenvalue weighted by Crippen LogP contribution is -2.13. The van der Waals surface area contributed by atoms with Gasteiger partial charge in [-0.1, -0.05) is 0 Å². The number of rotatable bonds is 2. The first kappa shape index (κ1) is 12.9. The molecule has 0 saturated heterocycles. The Morgan fingerprint density at radius 1 is 1.32 bits per heavy atom. The average molecular weight is 386 g/mol. The van der Waals surface area contributed by atoms with Gasteiger partial charge in [0.05, 0.1) is 20.2 Å². The third-order valence-corrected chi connectivity index (χ3v) is 4.32. The molecule has 1 amide bonds. The van der Waals surface area contributed by atoms with Crippen molar-refractivity contribution in [1.82, 2.24) is 5.43 Å². The van der Waals surface area contributed by atoms with Crippen molar-refractivity contribution < 1.29 is 9.90 Å². The van der Waals surface area contributed by atoms with E-state index in [9.17, 15) is 9.90 Å². The first-order valence-corrected chi connectivity index (χ1v) is 7.43. The average Bonchev–Trinajstić information content (AvgIpc) is 3.14.